The summed E-state index contributed by atoms with van der Waals surface area (Å²) in [5.74, 6) is -1.72. The highest BCUT2D eigenvalue weighted by Crippen LogP contribution is 2.25. The van der Waals surface area contributed by atoms with E-state index in [1.54, 1.807) is 0 Å². The molecule has 7 nitrogen and oxygen atoms in total. The molecule has 1 atom stereocenters. The molecule has 0 spiro atoms. The first-order valence-electron chi connectivity index (χ1n) is 8.67. The van der Waals surface area contributed by atoms with Gasteiger partial charge in [-0.25, -0.2) is 0 Å². The molecule has 3 rings (SSSR count). The third-order valence-electron chi connectivity index (χ3n) is 4.84. The summed E-state index contributed by atoms with van der Waals surface area (Å²) < 4.78 is 2.11. The highest BCUT2D eigenvalue weighted by Gasteiger charge is 2.39. The first-order chi connectivity index (χ1) is 12.5. The van der Waals surface area contributed by atoms with Crippen molar-refractivity contribution in [2.45, 2.75) is 32.7 Å². The van der Waals surface area contributed by atoms with Crippen molar-refractivity contribution in [1.82, 2.24) is 9.47 Å². The summed E-state index contributed by atoms with van der Waals surface area (Å²) in [5, 5.41) is 19.5. The van der Waals surface area contributed by atoms with Crippen molar-refractivity contribution < 1.29 is 14.7 Å². The van der Waals surface area contributed by atoms with Crippen LogP contribution in [0.15, 0.2) is 48.0 Å². The summed E-state index contributed by atoms with van der Waals surface area (Å²) >= 11 is 0. The van der Waals surface area contributed by atoms with Crippen LogP contribution in [0, 0.1) is 11.3 Å². The summed E-state index contributed by atoms with van der Waals surface area (Å²) in [7, 11) is 0. The van der Waals surface area contributed by atoms with Crippen LogP contribution in [0.5, 0.6) is 0 Å². The van der Waals surface area contributed by atoms with Crippen LogP contribution < -0.4 is 0 Å². The molecule has 1 unspecified atom stereocenters. The molecule has 2 heterocycles. The van der Waals surface area contributed by atoms with Crippen LogP contribution in [0.2, 0.25) is 0 Å². The molecule has 1 fully saturated rings. The van der Waals surface area contributed by atoms with Crippen LogP contribution in [-0.2, 0) is 16.1 Å². The van der Waals surface area contributed by atoms with Gasteiger partial charge in [-0.15, -0.1) is 0 Å². The third kappa shape index (κ3) is 3.31. The number of diazo groups is 1. The Hall–Kier alpha value is -3.14. The molecule has 1 aromatic heterocycles. The summed E-state index contributed by atoms with van der Waals surface area (Å²) in [6.45, 7) is 2.20. The molecule has 7 heteroatoms. The number of benzene rings is 1. The Labute approximate surface area is 151 Å². The summed E-state index contributed by atoms with van der Waals surface area (Å²) in [6.07, 6.45) is 4.03. The fourth-order valence-electron chi connectivity index (χ4n) is 3.45. The number of piperidine rings is 1. The average Bonchev–Trinajstić information content (AvgIpc) is 3.04. The summed E-state index contributed by atoms with van der Waals surface area (Å²) in [4.78, 5) is 29.0. The van der Waals surface area contributed by atoms with Gasteiger partial charge >= 0.3 is 11.6 Å². The van der Waals surface area contributed by atoms with Crippen molar-refractivity contribution in [2.24, 2.45) is 5.92 Å². The molecule has 1 saturated heterocycles. The smallest absolute Gasteiger partial charge is 0.485 e. The molecule has 2 amide bonds. The highest BCUT2D eigenvalue weighted by atomic mass is 16.3. The molecular weight excluding hydrogens is 332 g/mol. The van der Waals surface area contributed by atoms with E-state index in [4.69, 9.17) is 5.39 Å². The third-order valence-corrected chi connectivity index (χ3v) is 4.84. The van der Waals surface area contributed by atoms with Gasteiger partial charge in [0.25, 0.3) is 0 Å². The molecule has 0 aliphatic carbocycles. The lowest BCUT2D eigenvalue weighted by molar-refractivity contribution is -0.148. The molecule has 1 aromatic carbocycles. The molecule has 2 aromatic rings. The molecule has 0 bridgehead atoms. The maximum Gasteiger partial charge on any atom is 0.485 e. The Balaban J connectivity index is 1.71. The van der Waals surface area contributed by atoms with Gasteiger partial charge in [0.05, 0.1) is 0 Å². The van der Waals surface area contributed by atoms with E-state index >= 15 is 0 Å². The van der Waals surface area contributed by atoms with E-state index in [9.17, 15) is 14.7 Å². The minimum atomic E-state index is -0.756. The van der Waals surface area contributed by atoms with Crippen molar-refractivity contribution in [3.05, 3.63) is 53.0 Å². The molecule has 0 saturated carbocycles. The molecule has 0 radical (unpaired) electrons. The lowest BCUT2D eigenvalue weighted by atomic mass is 9.93. The van der Waals surface area contributed by atoms with Gasteiger partial charge in [0.15, 0.2) is 10.7 Å². The number of aliphatic hydroxyl groups is 1. The number of rotatable bonds is 4. The predicted octanol–water partition coefficient (Wildman–Crippen LogP) is 3.44. The first-order valence-corrected chi connectivity index (χ1v) is 8.67. The number of carbonyl (C=O) groups is 2. The highest BCUT2D eigenvalue weighted by molar-refractivity contribution is 6.06. The fourth-order valence-corrected chi connectivity index (χ4v) is 3.45. The van der Waals surface area contributed by atoms with Gasteiger partial charge in [0.1, 0.15) is 0 Å². The number of aryl methyl sites for hydroxylation is 1. The minimum Gasteiger partial charge on any atom is -0.505 e. The number of para-hydroxylation sites is 1. The van der Waals surface area contributed by atoms with Gasteiger partial charge in [-0.2, -0.15) is 0 Å². The lowest BCUT2D eigenvalue weighted by Crippen LogP contribution is -2.45. The monoisotopic (exact) mass is 353 g/mol. The van der Waals surface area contributed by atoms with Crippen molar-refractivity contribution in [2.75, 3.05) is 6.54 Å². The normalized spacial score (nSPS) is 18.5. The van der Waals surface area contributed by atoms with Crippen LogP contribution in [-0.4, -0.2) is 32.9 Å². The lowest BCUT2D eigenvalue weighted by Gasteiger charge is -2.29. The number of aliphatic hydroxyl groups excluding tert-OH is 1. The van der Waals surface area contributed by atoms with Crippen LogP contribution in [0.1, 0.15) is 26.2 Å². The standard InChI is InChI=1S/C19H20N4O3/c1-13(24)17(21-20)19(26)23-10-4-6-15(18(23)25)9-12-22-11-8-14-5-2-3-7-16(14)22/h2-3,5,7-8,11,15H,4,6,9-10,12H2,1H3/p+1. The Morgan fingerprint density at radius 2 is 2.12 bits per heavy atom. The number of likely N-dealkylation sites (tertiary alicyclic amines) is 1. The van der Waals surface area contributed by atoms with Gasteiger partial charge in [0, 0.05) is 37.6 Å². The van der Waals surface area contributed by atoms with E-state index in [2.05, 4.69) is 9.54 Å². The Morgan fingerprint density at radius 3 is 2.85 bits per heavy atom. The summed E-state index contributed by atoms with van der Waals surface area (Å²) in [6, 6.07) is 10.1. The second-order valence-electron chi connectivity index (χ2n) is 6.52. The number of allylic oxidation sites excluding steroid dienone is 1. The number of amides is 2. The second kappa shape index (κ2) is 7.40. The molecule has 1 aliphatic heterocycles. The minimum absolute atomic E-state index is 0.271. The van der Waals surface area contributed by atoms with E-state index in [-0.39, 0.29) is 18.4 Å². The number of hydrogen-bond donors (Lipinski definition) is 1. The Kier molecular flexibility index (Phi) is 5.03. The van der Waals surface area contributed by atoms with Crippen molar-refractivity contribution >= 4 is 22.7 Å². The van der Waals surface area contributed by atoms with Gasteiger partial charge < -0.3 is 9.67 Å². The summed E-state index contributed by atoms with van der Waals surface area (Å²) in [5.41, 5.74) is 0.624. The number of hydrogen-bond acceptors (Lipinski definition) is 4. The molecule has 1 aliphatic rings. The average molecular weight is 353 g/mol. The second-order valence-corrected chi connectivity index (χ2v) is 6.52. The van der Waals surface area contributed by atoms with E-state index in [0.29, 0.717) is 19.4 Å². The number of carbonyl (C=O) groups excluding carboxylic acids is 2. The van der Waals surface area contributed by atoms with Crippen molar-refractivity contribution in [3.8, 4) is 0 Å². The number of aromatic nitrogens is 1. The SMILES string of the molecule is C/C(O)=C(\[N+]#N)C(=O)N1CCCC(CCn2ccc3ccccc32)C1=O. The van der Waals surface area contributed by atoms with E-state index < -0.39 is 17.4 Å². The van der Waals surface area contributed by atoms with E-state index in [0.717, 1.165) is 22.2 Å². The fraction of sp³-hybridized carbons (Fsp3) is 0.368. The molecular formula is C19H21N4O3+. The van der Waals surface area contributed by atoms with E-state index in [1.165, 1.54) is 6.92 Å². The van der Waals surface area contributed by atoms with Crippen molar-refractivity contribution in [3.63, 3.8) is 0 Å². The van der Waals surface area contributed by atoms with Crippen LogP contribution in [0.3, 0.4) is 0 Å². The van der Waals surface area contributed by atoms with Gasteiger partial charge in [-0.3, -0.25) is 14.5 Å². The van der Waals surface area contributed by atoms with Crippen LogP contribution >= 0.6 is 0 Å². The Bertz CT molecular complexity index is 918. The first kappa shape index (κ1) is 17.7. The zero-order valence-corrected chi connectivity index (χ0v) is 14.6. The predicted molar refractivity (Wildman–Crippen MR) is 96.4 cm³/mol. The quantitative estimate of drug-likeness (QED) is 0.518. The Morgan fingerprint density at radius 1 is 1.35 bits per heavy atom. The van der Waals surface area contributed by atoms with Crippen LogP contribution in [0.4, 0.5) is 0 Å². The van der Waals surface area contributed by atoms with Gasteiger partial charge in [-0.1, -0.05) is 18.2 Å². The largest absolute Gasteiger partial charge is 0.505 e. The molecule has 26 heavy (non-hydrogen) atoms. The number of nitrogens with zero attached hydrogens (tertiary/aromatic N) is 4. The zero-order valence-electron chi connectivity index (χ0n) is 14.6. The number of fused-ring (bicyclic) bond motifs is 1. The zero-order chi connectivity index (χ0) is 18.7. The van der Waals surface area contributed by atoms with E-state index in [1.807, 2.05) is 36.5 Å². The molecule has 1 N–H and O–H groups in total. The maximum absolute atomic E-state index is 12.7. The van der Waals surface area contributed by atoms with Crippen LogP contribution in [0.25, 0.3) is 15.9 Å². The number of imide groups is 1. The molecule has 134 valence electrons. The van der Waals surface area contributed by atoms with Gasteiger partial charge in [0.2, 0.25) is 11.3 Å². The topological polar surface area (TPSA) is 90.7 Å². The van der Waals surface area contributed by atoms with Gasteiger partial charge in [-0.05, 0) is 36.8 Å². The maximum atomic E-state index is 12.7. The van der Waals surface area contributed by atoms with Crippen molar-refractivity contribution in [1.29, 1.82) is 5.39 Å².